The molecule has 0 fully saturated rings. The molecule has 1 aliphatic rings. The normalized spacial score (nSPS) is 17.4. The van der Waals surface area contributed by atoms with Crippen LogP contribution in [0.1, 0.15) is 12.5 Å². The molecule has 0 saturated carbocycles. The van der Waals surface area contributed by atoms with Crippen molar-refractivity contribution in [3.05, 3.63) is 53.7 Å². The lowest BCUT2D eigenvalue weighted by atomic mass is 10.0. The molecule has 19 heavy (non-hydrogen) atoms. The van der Waals surface area contributed by atoms with E-state index in [4.69, 9.17) is 0 Å². The lowest BCUT2D eigenvalue weighted by Crippen LogP contribution is -2.25. The molecule has 1 amide bonds. The van der Waals surface area contributed by atoms with E-state index in [1.54, 1.807) is 11.9 Å². The molecule has 0 aliphatic carbocycles. The summed E-state index contributed by atoms with van der Waals surface area (Å²) in [5.41, 5.74) is 1.52. The minimum Gasteiger partial charge on any atom is -0.298 e. The van der Waals surface area contributed by atoms with Crippen LogP contribution in [0.4, 0.5) is 0 Å². The molecule has 0 spiro atoms. The van der Waals surface area contributed by atoms with Crippen LogP contribution < -0.4 is 0 Å². The summed E-state index contributed by atoms with van der Waals surface area (Å²) < 4.78 is 0. The maximum absolute atomic E-state index is 12.0. The second-order valence-electron chi connectivity index (χ2n) is 4.62. The lowest BCUT2D eigenvalue weighted by molar-refractivity contribution is -0.121. The van der Waals surface area contributed by atoms with Gasteiger partial charge in [-0.3, -0.25) is 9.69 Å². The predicted molar refractivity (Wildman–Crippen MR) is 77.8 cm³/mol. The molecule has 0 bridgehead atoms. The van der Waals surface area contributed by atoms with Crippen LogP contribution in [0.2, 0.25) is 0 Å². The maximum Gasteiger partial charge on any atom is 0.277 e. The SMILES string of the molecule is CC1=N/C(=C\c2cccc3ccccc23)C(=O)N1C. The molecule has 1 aliphatic heterocycles. The third-order valence-corrected chi connectivity index (χ3v) is 3.41. The van der Waals surface area contributed by atoms with E-state index in [-0.39, 0.29) is 5.91 Å². The van der Waals surface area contributed by atoms with E-state index in [0.29, 0.717) is 5.70 Å². The van der Waals surface area contributed by atoms with Gasteiger partial charge in [-0.05, 0) is 29.3 Å². The van der Waals surface area contributed by atoms with Gasteiger partial charge < -0.3 is 0 Å². The summed E-state index contributed by atoms with van der Waals surface area (Å²) in [6.07, 6.45) is 1.86. The van der Waals surface area contributed by atoms with E-state index in [1.165, 1.54) is 0 Å². The number of rotatable bonds is 1. The van der Waals surface area contributed by atoms with Gasteiger partial charge in [0.15, 0.2) is 0 Å². The van der Waals surface area contributed by atoms with E-state index in [0.717, 1.165) is 22.2 Å². The summed E-state index contributed by atoms with van der Waals surface area (Å²) in [6, 6.07) is 14.2. The molecule has 2 aromatic rings. The molecular weight excluding hydrogens is 236 g/mol. The number of hydrogen-bond acceptors (Lipinski definition) is 2. The number of nitrogens with zero attached hydrogens (tertiary/aromatic N) is 2. The largest absolute Gasteiger partial charge is 0.298 e. The smallest absolute Gasteiger partial charge is 0.277 e. The molecule has 0 aromatic heterocycles. The fourth-order valence-electron chi connectivity index (χ4n) is 2.23. The Morgan fingerprint density at radius 1 is 1.11 bits per heavy atom. The molecule has 0 N–H and O–H groups in total. The minimum atomic E-state index is -0.0505. The minimum absolute atomic E-state index is 0.0505. The van der Waals surface area contributed by atoms with Gasteiger partial charge in [-0.1, -0.05) is 42.5 Å². The highest BCUT2D eigenvalue weighted by atomic mass is 16.2. The Labute approximate surface area is 111 Å². The zero-order valence-electron chi connectivity index (χ0n) is 10.9. The first kappa shape index (κ1) is 11.7. The van der Waals surface area contributed by atoms with Gasteiger partial charge in [0.25, 0.3) is 5.91 Å². The number of carbonyl (C=O) groups excluding carboxylic acids is 1. The fourth-order valence-corrected chi connectivity index (χ4v) is 2.23. The number of likely N-dealkylation sites (N-methyl/N-ethyl adjacent to an activating group) is 1. The summed E-state index contributed by atoms with van der Waals surface area (Å²) in [4.78, 5) is 17.9. The first-order chi connectivity index (χ1) is 9.16. The molecule has 0 unspecified atom stereocenters. The topological polar surface area (TPSA) is 32.7 Å². The Balaban J connectivity index is 2.14. The average Bonchev–Trinajstić information content (AvgIpc) is 2.67. The highest BCUT2D eigenvalue weighted by molar-refractivity contribution is 6.14. The number of hydrogen-bond donors (Lipinski definition) is 0. The first-order valence-corrected chi connectivity index (χ1v) is 6.19. The zero-order chi connectivity index (χ0) is 13.4. The van der Waals surface area contributed by atoms with E-state index in [9.17, 15) is 4.79 Å². The van der Waals surface area contributed by atoms with Gasteiger partial charge in [-0.15, -0.1) is 0 Å². The van der Waals surface area contributed by atoms with Crippen LogP contribution in [0.25, 0.3) is 16.8 Å². The van der Waals surface area contributed by atoms with Crippen molar-refractivity contribution in [2.24, 2.45) is 4.99 Å². The molecule has 1 heterocycles. The summed E-state index contributed by atoms with van der Waals surface area (Å²) in [6.45, 7) is 1.84. The van der Waals surface area contributed by atoms with E-state index in [1.807, 2.05) is 37.3 Å². The van der Waals surface area contributed by atoms with Crippen LogP contribution in [0.5, 0.6) is 0 Å². The van der Waals surface area contributed by atoms with Crippen LogP contribution in [-0.4, -0.2) is 23.7 Å². The van der Waals surface area contributed by atoms with Gasteiger partial charge in [0.2, 0.25) is 0 Å². The number of aliphatic imine (C=N–C) groups is 1. The van der Waals surface area contributed by atoms with Crippen LogP contribution in [-0.2, 0) is 4.79 Å². The third-order valence-electron chi connectivity index (χ3n) is 3.41. The molecule has 94 valence electrons. The Morgan fingerprint density at radius 2 is 1.84 bits per heavy atom. The van der Waals surface area contributed by atoms with E-state index in [2.05, 4.69) is 23.2 Å². The van der Waals surface area contributed by atoms with Crippen molar-refractivity contribution in [3.8, 4) is 0 Å². The average molecular weight is 250 g/mol. The van der Waals surface area contributed by atoms with Gasteiger partial charge in [0.1, 0.15) is 11.5 Å². The van der Waals surface area contributed by atoms with Crippen molar-refractivity contribution >= 4 is 28.6 Å². The van der Waals surface area contributed by atoms with Gasteiger partial charge in [0.05, 0.1) is 0 Å². The molecule has 3 rings (SSSR count). The molecule has 3 nitrogen and oxygen atoms in total. The molecule has 0 atom stereocenters. The van der Waals surface area contributed by atoms with Crippen LogP contribution >= 0.6 is 0 Å². The second kappa shape index (κ2) is 4.35. The molecule has 0 radical (unpaired) electrons. The Kier molecular flexibility index (Phi) is 2.67. The van der Waals surface area contributed by atoms with Crippen molar-refractivity contribution in [2.75, 3.05) is 7.05 Å². The summed E-state index contributed by atoms with van der Waals surface area (Å²) >= 11 is 0. The first-order valence-electron chi connectivity index (χ1n) is 6.19. The van der Waals surface area contributed by atoms with Crippen molar-refractivity contribution in [1.82, 2.24) is 4.90 Å². The maximum atomic E-state index is 12.0. The summed E-state index contributed by atoms with van der Waals surface area (Å²) in [7, 11) is 1.74. The van der Waals surface area contributed by atoms with Gasteiger partial charge in [-0.2, -0.15) is 0 Å². The Bertz CT molecular complexity index is 723. The predicted octanol–water partition coefficient (Wildman–Crippen LogP) is 3.07. The molecule has 2 aromatic carbocycles. The highest BCUT2D eigenvalue weighted by Gasteiger charge is 2.23. The van der Waals surface area contributed by atoms with Crippen molar-refractivity contribution in [1.29, 1.82) is 0 Å². The van der Waals surface area contributed by atoms with E-state index >= 15 is 0 Å². The van der Waals surface area contributed by atoms with Crippen LogP contribution in [0.3, 0.4) is 0 Å². The number of fused-ring (bicyclic) bond motifs is 1. The third kappa shape index (κ3) is 1.93. The van der Waals surface area contributed by atoms with Gasteiger partial charge >= 0.3 is 0 Å². The lowest BCUT2D eigenvalue weighted by Gasteiger charge is -2.06. The summed E-state index contributed by atoms with van der Waals surface area (Å²) in [5, 5.41) is 2.30. The van der Waals surface area contributed by atoms with Gasteiger partial charge in [-0.25, -0.2) is 4.99 Å². The molecule has 0 saturated heterocycles. The zero-order valence-corrected chi connectivity index (χ0v) is 10.9. The number of amidine groups is 1. The molecular formula is C16H14N2O. The number of benzene rings is 2. The highest BCUT2D eigenvalue weighted by Crippen LogP contribution is 2.23. The summed E-state index contributed by atoms with van der Waals surface area (Å²) in [5.74, 6) is 0.682. The van der Waals surface area contributed by atoms with Crippen LogP contribution in [0.15, 0.2) is 53.2 Å². The molecule has 3 heteroatoms. The number of carbonyl (C=O) groups is 1. The van der Waals surface area contributed by atoms with Crippen LogP contribution in [0, 0.1) is 0 Å². The van der Waals surface area contributed by atoms with E-state index < -0.39 is 0 Å². The van der Waals surface area contributed by atoms with Crippen molar-refractivity contribution in [2.45, 2.75) is 6.92 Å². The van der Waals surface area contributed by atoms with Gasteiger partial charge in [0, 0.05) is 7.05 Å². The fraction of sp³-hybridized carbons (Fsp3) is 0.125. The van der Waals surface area contributed by atoms with Crippen molar-refractivity contribution < 1.29 is 4.79 Å². The van der Waals surface area contributed by atoms with Crippen molar-refractivity contribution in [3.63, 3.8) is 0 Å². The Hall–Kier alpha value is -2.42. The quantitative estimate of drug-likeness (QED) is 0.716. The second-order valence-corrected chi connectivity index (χ2v) is 4.62. The standard InChI is InChI=1S/C16H14N2O/c1-11-17-15(16(19)18(11)2)10-13-8-5-7-12-6-3-4-9-14(12)13/h3-10H,1-2H3/b15-10-. The Morgan fingerprint density at radius 3 is 2.58 bits per heavy atom. The number of amides is 1. The monoisotopic (exact) mass is 250 g/mol.